The van der Waals surface area contributed by atoms with Crippen LogP contribution in [0.25, 0.3) is 6.08 Å². The van der Waals surface area contributed by atoms with Crippen LogP contribution in [0.4, 0.5) is 5.69 Å². The first-order chi connectivity index (χ1) is 11.0. The van der Waals surface area contributed by atoms with E-state index in [-0.39, 0.29) is 5.57 Å². The Morgan fingerprint density at radius 2 is 2.00 bits per heavy atom. The Morgan fingerprint density at radius 3 is 2.61 bits per heavy atom. The predicted molar refractivity (Wildman–Crippen MR) is 102 cm³/mol. The molecule has 1 N–H and O–H groups in total. The van der Waals surface area contributed by atoms with Gasteiger partial charge in [-0.05, 0) is 76.7 Å². The number of nitrogens with zero attached hydrogens (tertiary/aromatic N) is 1. The predicted octanol–water partition coefficient (Wildman–Crippen LogP) is 4.61. The fourth-order valence-electron chi connectivity index (χ4n) is 1.83. The minimum atomic E-state index is -0.451. The average Bonchev–Trinajstić information content (AvgIpc) is 2.54. The molecule has 0 radical (unpaired) electrons. The summed E-state index contributed by atoms with van der Waals surface area (Å²) < 4.78 is 7.07. The first-order valence-electron chi connectivity index (χ1n) is 6.55. The number of hydrogen-bond donors (Lipinski definition) is 1. The number of anilines is 1. The van der Waals surface area contributed by atoms with Gasteiger partial charge in [-0.2, -0.15) is 5.26 Å². The lowest BCUT2D eigenvalue weighted by Crippen LogP contribution is -2.13. The maximum atomic E-state index is 12.2. The van der Waals surface area contributed by atoms with Crippen molar-refractivity contribution >= 4 is 56.2 Å². The van der Waals surface area contributed by atoms with E-state index in [1.54, 1.807) is 31.4 Å². The van der Waals surface area contributed by atoms with Crippen LogP contribution in [0.2, 0.25) is 0 Å². The molecular weight excluding hydrogens is 471 g/mol. The first kappa shape index (κ1) is 17.5. The topological polar surface area (TPSA) is 62.1 Å². The highest BCUT2D eigenvalue weighted by Crippen LogP contribution is 2.21. The number of ether oxygens (including phenoxy) is 1. The molecule has 0 unspecified atom stereocenters. The van der Waals surface area contributed by atoms with Crippen LogP contribution >= 0.6 is 38.5 Å². The monoisotopic (exact) mass is 482 g/mol. The van der Waals surface area contributed by atoms with Gasteiger partial charge >= 0.3 is 0 Å². The van der Waals surface area contributed by atoms with Gasteiger partial charge in [-0.25, -0.2) is 0 Å². The second-order valence-corrected chi connectivity index (χ2v) is 6.72. The molecule has 0 heterocycles. The van der Waals surface area contributed by atoms with Crippen LogP contribution in [0.15, 0.2) is 52.5 Å². The molecule has 0 spiro atoms. The van der Waals surface area contributed by atoms with Crippen LogP contribution in [0.5, 0.6) is 5.75 Å². The molecule has 0 saturated carbocycles. The van der Waals surface area contributed by atoms with Crippen molar-refractivity contribution in [1.29, 1.82) is 5.26 Å². The molecule has 2 rings (SSSR count). The molecule has 23 heavy (non-hydrogen) atoms. The highest BCUT2D eigenvalue weighted by molar-refractivity contribution is 14.1. The van der Waals surface area contributed by atoms with Gasteiger partial charge in [-0.3, -0.25) is 4.79 Å². The van der Waals surface area contributed by atoms with E-state index < -0.39 is 5.91 Å². The summed E-state index contributed by atoms with van der Waals surface area (Å²) in [6, 6.07) is 14.6. The Kier molecular flexibility index (Phi) is 6.19. The molecule has 0 bridgehead atoms. The molecule has 1 amide bonds. The van der Waals surface area contributed by atoms with E-state index >= 15 is 0 Å². The number of rotatable bonds is 4. The Morgan fingerprint density at radius 1 is 1.30 bits per heavy atom. The zero-order valence-electron chi connectivity index (χ0n) is 12.1. The number of carbonyl (C=O) groups excluding carboxylic acids is 1. The summed E-state index contributed by atoms with van der Waals surface area (Å²) >= 11 is 5.48. The number of nitrogens with one attached hydrogen (secondary N) is 1. The molecule has 116 valence electrons. The van der Waals surface area contributed by atoms with Crippen LogP contribution in [0.1, 0.15) is 5.56 Å². The number of carbonyl (C=O) groups is 1. The number of halogens is 2. The number of hydrogen-bond acceptors (Lipinski definition) is 3. The molecule has 0 fully saturated rings. The molecule has 0 saturated heterocycles. The molecular formula is C17H12BrIN2O2. The second kappa shape index (κ2) is 8.13. The van der Waals surface area contributed by atoms with Gasteiger partial charge in [0.05, 0.1) is 7.11 Å². The fraction of sp³-hybridized carbons (Fsp3) is 0.0588. The summed E-state index contributed by atoms with van der Waals surface area (Å²) in [7, 11) is 1.57. The van der Waals surface area contributed by atoms with E-state index in [4.69, 9.17) is 4.74 Å². The number of amides is 1. The third kappa shape index (κ3) is 5.08. The summed E-state index contributed by atoms with van der Waals surface area (Å²) in [5.74, 6) is 0.224. The Labute approximate surface area is 156 Å². The maximum absolute atomic E-state index is 12.2. The summed E-state index contributed by atoms with van der Waals surface area (Å²) in [6.07, 6.45) is 1.54. The van der Waals surface area contributed by atoms with Gasteiger partial charge in [0.2, 0.25) is 0 Å². The van der Waals surface area contributed by atoms with E-state index in [1.807, 2.05) is 30.3 Å². The Bertz CT molecular complexity index is 795. The molecule has 4 nitrogen and oxygen atoms in total. The van der Waals surface area contributed by atoms with Crippen LogP contribution in [-0.2, 0) is 4.79 Å². The Balaban J connectivity index is 2.24. The van der Waals surface area contributed by atoms with Gasteiger partial charge in [0.1, 0.15) is 17.4 Å². The van der Waals surface area contributed by atoms with Crippen molar-refractivity contribution in [2.24, 2.45) is 0 Å². The number of benzene rings is 2. The SMILES string of the molecule is COc1cc(I)cc(/C=C(\C#N)C(=O)Nc2ccc(Br)cc2)c1. The molecule has 0 aliphatic rings. The van der Waals surface area contributed by atoms with Crippen molar-refractivity contribution in [3.8, 4) is 11.8 Å². The molecule has 0 atom stereocenters. The van der Waals surface area contributed by atoms with Crippen LogP contribution in [0.3, 0.4) is 0 Å². The molecule has 6 heteroatoms. The summed E-state index contributed by atoms with van der Waals surface area (Å²) in [4.78, 5) is 12.2. The van der Waals surface area contributed by atoms with E-state index in [9.17, 15) is 10.1 Å². The minimum Gasteiger partial charge on any atom is -0.497 e. The van der Waals surface area contributed by atoms with Crippen molar-refractivity contribution in [2.45, 2.75) is 0 Å². The standard InChI is InChI=1S/C17H12BrIN2O2/c1-23-16-8-11(7-14(19)9-16)6-12(10-20)17(22)21-15-4-2-13(18)3-5-15/h2-9H,1H3,(H,21,22)/b12-6+. The second-order valence-electron chi connectivity index (χ2n) is 4.56. The summed E-state index contributed by atoms with van der Waals surface area (Å²) in [5.41, 5.74) is 1.38. The first-order valence-corrected chi connectivity index (χ1v) is 8.42. The smallest absolute Gasteiger partial charge is 0.266 e. The lowest BCUT2D eigenvalue weighted by Gasteiger charge is -2.06. The average molecular weight is 483 g/mol. The van der Waals surface area contributed by atoms with Gasteiger partial charge in [0.15, 0.2) is 0 Å². The van der Waals surface area contributed by atoms with Crippen molar-refractivity contribution in [3.63, 3.8) is 0 Å². The molecule has 2 aromatic rings. The molecule has 0 aromatic heterocycles. The quantitative estimate of drug-likeness (QED) is 0.393. The highest BCUT2D eigenvalue weighted by Gasteiger charge is 2.10. The normalized spacial score (nSPS) is 10.8. The van der Waals surface area contributed by atoms with Gasteiger partial charge in [0.25, 0.3) is 5.91 Å². The van der Waals surface area contributed by atoms with Crippen LogP contribution in [0, 0.1) is 14.9 Å². The molecule has 0 aliphatic carbocycles. The van der Waals surface area contributed by atoms with Crippen molar-refractivity contribution in [3.05, 3.63) is 61.6 Å². The fourth-order valence-corrected chi connectivity index (χ4v) is 2.76. The van der Waals surface area contributed by atoms with Crippen molar-refractivity contribution < 1.29 is 9.53 Å². The van der Waals surface area contributed by atoms with Crippen molar-refractivity contribution in [1.82, 2.24) is 0 Å². The van der Waals surface area contributed by atoms with Crippen LogP contribution < -0.4 is 10.1 Å². The van der Waals surface area contributed by atoms with E-state index in [0.717, 1.165) is 13.6 Å². The third-order valence-corrected chi connectivity index (χ3v) is 4.06. The zero-order chi connectivity index (χ0) is 16.8. The van der Waals surface area contributed by atoms with Gasteiger partial charge in [-0.1, -0.05) is 15.9 Å². The van der Waals surface area contributed by atoms with E-state index in [1.165, 1.54) is 0 Å². The van der Waals surface area contributed by atoms with Crippen molar-refractivity contribution in [2.75, 3.05) is 12.4 Å². The zero-order valence-corrected chi connectivity index (χ0v) is 15.9. The number of methoxy groups -OCH3 is 1. The molecule has 2 aromatic carbocycles. The van der Waals surface area contributed by atoms with Crippen LogP contribution in [-0.4, -0.2) is 13.0 Å². The lowest BCUT2D eigenvalue weighted by molar-refractivity contribution is -0.112. The van der Waals surface area contributed by atoms with Gasteiger partial charge in [0, 0.05) is 13.7 Å². The third-order valence-electron chi connectivity index (χ3n) is 2.91. The highest BCUT2D eigenvalue weighted by atomic mass is 127. The summed E-state index contributed by atoms with van der Waals surface area (Å²) in [6.45, 7) is 0. The van der Waals surface area contributed by atoms with E-state index in [2.05, 4.69) is 43.8 Å². The molecule has 0 aliphatic heterocycles. The van der Waals surface area contributed by atoms with E-state index in [0.29, 0.717) is 11.4 Å². The minimum absolute atomic E-state index is 0.0250. The number of nitriles is 1. The van der Waals surface area contributed by atoms with Gasteiger partial charge in [-0.15, -0.1) is 0 Å². The lowest BCUT2D eigenvalue weighted by atomic mass is 10.1. The van der Waals surface area contributed by atoms with Gasteiger partial charge < -0.3 is 10.1 Å². The largest absolute Gasteiger partial charge is 0.497 e. The maximum Gasteiger partial charge on any atom is 0.266 e. The Hall–Kier alpha value is -1.85. The summed E-state index contributed by atoms with van der Waals surface area (Å²) in [5, 5.41) is 12.0.